The maximum absolute atomic E-state index is 12.0. The van der Waals surface area contributed by atoms with E-state index in [-0.39, 0.29) is 11.4 Å². The van der Waals surface area contributed by atoms with Gasteiger partial charge in [0.15, 0.2) is 0 Å². The molecule has 1 aliphatic carbocycles. The van der Waals surface area contributed by atoms with Crippen molar-refractivity contribution >= 4 is 16.8 Å². The van der Waals surface area contributed by atoms with Gasteiger partial charge in [0.25, 0.3) is 0 Å². The van der Waals surface area contributed by atoms with Crippen molar-refractivity contribution in [2.24, 2.45) is 5.41 Å². The molecule has 1 atom stereocenters. The van der Waals surface area contributed by atoms with Crippen molar-refractivity contribution in [2.45, 2.75) is 33.1 Å². The van der Waals surface area contributed by atoms with Crippen LogP contribution in [-0.4, -0.2) is 53.3 Å². The third-order valence-corrected chi connectivity index (χ3v) is 5.27. The average molecular weight is 275 g/mol. The summed E-state index contributed by atoms with van der Waals surface area (Å²) in [5.41, 5.74) is -0.0127. The molecule has 1 saturated carbocycles. The number of hydrogen-bond donors (Lipinski definition) is 0. The molecule has 0 spiro atoms. The van der Waals surface area contributed by atoms with Gasteiger partial charge in [-0.3, -0.25) is 9.00 Å². The first-order valence-electron chi connectivity index (χ1n) is 6.69. The number of rotatable bonds is 9. The highest BCUT2D eigenvalue weighted by Gasteiger charge is 2.45. The molecule has 0 aromatic rings. The molecule has 18 heavy (non-hydrogen) atoms. The maximum Gasteiger partial charge on any atom is 0.306 e. The molecule has 1 unspecified atom stereocenters. The molecule has 0 aromatic heterocycles. The van der Waals surface area contributed by atoms with Gasteiger partial charge in [0, 0.05) is 28.9 Å². The molecule has 1 aliphatic rings. The molecule has 5 heteroatoms. The SMILES string of the molecule is CCN(CC)CCS(=O)CC1(CC(=O)OC)CC1. The molecule has 106 valence electrons. The van der Waals surface area contributed by atoms with E-state index in [0.717, 1.165) is 32.5 Å². The summed E-state index contributed by atoms with van der Waals surface area (Å²) >= 11 is 0. The molecule has 0 bridgehead atoms. The summed E-state index contributed by atoms with van der Waals surface area (Å²) in [4.78, 5) is 13.6. The molecule has 0 N–H and O–H groups in total. The van der Waals surface area contributed by atoms with Crippen LogP contribution in [0.3, 0.4) is 0 Å². The summed E-state index contributed by atoms with van der Waals surface area (Å²) in [7, 11) is 0.594. The zero-order chi connectivity index (χ0) is 13.6. The third kappa shape index (κ3) is 5.06. The normalized spacial score (nSPS) is 18.7. The largest absolute Gasteiger partial charge is 0.469 e. The quantitative estimate of drug-likeness (QED) is 0.597. The smallest absolute Gasteiger partial charge is 0.306 e. The van der Waals surface area contributed by atoms with E-state index in [1.54, 1.807) is 0 Å². The van der Waals surface area contributed by atoms with Gasteiger partial charge in [0.2, 0.25) is 0 Å². The number of hydrogen-bond acceptors (Lipinski definition) is 4. The minimum Gasteiger partial charge on any atom is -0.469 e. The van der Waals surface area contributed by atoms with Gasteiger partial charge in [0.1, 0.15) is 0 Å². The van der Waals surface area contributed by atoms with Gasteiger partial charge in [-0.2, -0.15) is 0 Å². The predicted molar refractivity (Wildman–Crippen MR) is 74.0 cm³/mol. The summed E-state index contributed by atoms with van der Waals surface area (Å²) in [6, 6.07) is 0. The average Bonchev–Trinajstić information content (AvgIpc) is 3.09. The molecule has 0 heterocycles. The van der Waals surface area contributed by atoms with Gasteiger partial charge in [-0.15, -0.1) is 0 Å². The molecule has 0 amide bonds. The second-order valence-corrected chi connectivity index (χ2v) is 6.64. The van der Waals surface area contributed by atoms with E-state index in [4.69, 9.17) is 4.74 Å². The van der Waals surface area contributed by atoms with Crippen LogP contribution in [0.4, 0.5) is 0 Å². The maximum atomic E-state index is 12.0. The van der Waals surface area contributed by atoms with Crippen molar-refractivity contribution in [2.75, 3.05) is 38.2 Å². The van der Waals surface area contributed by atoms with Gasteiger partial charge in [-0.1, -0.05) is 13.8 Å². The van der Waals surface area contributed by atoms with E-state index >= 15 is 0 Å². The lowest BCUT2D eigenvalue weighted by Gasteiger charge is -2.18. The van der Waals surface area contributed by atoms with Crippen LogP contribution < -0.4 is 0 Å². The van der Waals surface area contributed by atoms with Crippen LogP contribution in [0.1, 0.15) is 33.1 Å². The van der Waals surface area contributed by atoms with Crippen LogP contribution in [0, 0.1) is 5.41 Å². The molecule has 1 fully saturated rings. The van der Waals surface area contributed by atoms with Crippen molar-refractivity contribution in [3.8, 4) is 0 Å². The van der Waals surface area contributed by atoms with Gasteiger partial charge in [-0.25, -0.2) is 0 Å². The Morgan fingerprint density at radius 1 is 1.33 bits per heavy atom. The van der Waals surface area contributed by atoms with Crippen LogP contribution in [0.25, 0.3) is 0 Å². The van der Waals surface area contributed by atoms with E-state index in [0.29, 0.717) is 17.9 Å². The zero-order valence-electron chi connectivity index (χ0n) is 11.7. The second kappa shape index (κ2) is 7.24. The van der Waals surface area contributed by atoms with E-state index < -0.39 is 10.8 Å². The third-order valence-electron chi connectivity index (χ3n) is 3.70. The highest BCUT2D eigenvalue weighted by Crippen LogP contribution is 2.49. The number of carbonyl (C=O) groups excluding carboxylic acids is 1. The summed E-state index contributed by atoms with van der Waals surface area (Å²) < 4.78 is 16.7. The van der Waals surface area contributed by atoms with Crippen LogP contribution in [-0.2, 0) is 20.3 Å². The molecule has 0 aliphatic heterocycles. The Morgan fingerprint density at radius 2 is 1.94 bits per heavy atom. The van der Waals surface area contributed by atoms with E-state index in [2.05, 4.69) is 18.7 Å². The predicted octanol–water partition coefficient (Wildman–Crippen LogP) is 1.42. The highest BCUT2D eigenvalue weighted by molar-refractivity contribution is 7.85. The lowest BCUT2D eigenvalue weighted by Crippen LogP contribution is -2.29. The fraction of sp³-hybridized carbons (Fsp3) is 0.923. The number of esters is 1. The molecular weight excluding hydrogens is 250 g/mol. The summed E-state index contributed by atoms with van der Waals surface area (Å²) in [6.07, 6.45) is 2.46. The summed E-state index contributed by atoms with van der Waals surface area (Å²) in [5, 5.41) is 0. The lowest BCUT2D eigenvalue weighted by molar-refractivity contribution is -0.141. The van der Waals surface area contributed by atoms with Gasteiger partial charge in [0.05, 0.1) is 13.5 Å². The minimum atomic E-state index is -0.819. The van der Waals surface area contributed by atoms with Crippen molar-refractivity contribution in [1.29, 1.82) is 0 Å². The number of carbonyl (C=O) groups is 1. The first-order valence-corrected chi connectivity index (χ1v) is 8.18. The Balaban J connectivity index is 2.29. The van der Waals surface area contributed by atoms with Crippen molar-refractivity contribution in [1.82, 2.24) is 4.90 Å². The Labute approximate surface area is 113 Å². The van der Waals surface area contributed by atoms with E-state index in [1.165, 1.54) is 7.11 Å². The van der Waals surface area contributed by atoms with Crippen LogP contribution >= 0.6 is 0 Å². The summed E-state index contributed by atoms with van der Waals surface area (Å²) in [5.74, 6) is 1.20. The topological polar surface area (TPSA) is 46.6 Å². The molecule has 0 radical (unpaired) electrons. The Morgan fingerprint density at radius 3 is 2.39 bits per heavy atom. The van der Waals surface area contributed by atoms with Crippen molar-refractivity contribution in [3.63, 3.8) is 0 Å². The number of ether oxygens (including phenoxy) is 1. The number of methoxy groups -OCH3 is 1. The fourth-order valence-electron chi connectivity index (χ4n) is 2.11. The first kappa shape index (κ1) is 15.6. The Kier molecular flexibility index (Phi) is 6.29. The van der Waals surface area contributed by atoms with Gasteiger partial charge >= 0.3 is 5.97 Å². The monoisotopic (exact) mass is 275 g/mol. The molecule has 0 saturated heterocycles. The minimum absolute atomic E-state index is 0.0127. The lowest BCUT2D eigenvalue weighted by atomic mass is 10.1. The van der Waals surface area contributed by atoms with Crippen LogP contribution in [0.2, 0.25) is 0 Å². The van der Waals surface area contributed by atoms with Crippen molar-refractivity contribution < 1.29 is 13.7 Å². The molecular formula is C13H25NO3S. The van der Waals surface area contributed by atoms with E-state index in [1.807, 2.05) is 0 Å². The summed E-state index contributed by atoms with van der Waals surface area (Å²) in [6.45, 7) is 7.12. The van der Waals surface area contributed by atoms with E-state index in [9.17, 15) is 9.00 Å². The molecule has 1 rings (SSSR count). The fourth-order valence-corrected chi connectivity index (χ4v) is 3.79. The van der Waals surface area contributed by atoms with Crippen molar-refractivity contribution in [3.05, 3.63) is 0 Å². The Hall–Kier alpha value is -0.420. The van der Waals surface area contributed by atoms with Crippen LogP contribution in [0.5, 0.6) is 0 Å². The molecule has 0 aromatic carbocycles. The molecule has 4 nitrogen and oxygen atoms in total. The van der Waals surface area contributed by atoms with Crippen LogP contribution in [0.15, 0.2) is 0 Å². The second-order valence-electron chi connectivity index (χ2n) is 5.07. The Bertz CT molecular complexity index is 299. The standard InChI is InChI=1S/C13H25NO3S/c1-4-14(5-2)8-9-18(16)11-13(6-7-13)10-12(15)17-3/h4-11H2,1-3H3. The van der Waals surface area contributed by atoms with Gasteiger partial charge in [-0.05, 0) is 31.3 Å². The van der Waals surface area contributed by atoms with Gasteiger partial charge < -0.3 is 9.64 Å². The number of nitrogens with zero attached hydrogens (tertiary/aromatic N) is 1. The zero-order valence-corrected chi connectivity index (χ0v) is 12.6. The highest BCUT2D eigenvalue weighted by atomic mass is 32.2. The first-order chi connectivity index (χ1) is 8.55.